The van der Waals surface area contributed by atoms with Gasteiger partial charge in [-0.25, -0.2) is 5.48 Å². The molecule has 0 aliphatic carbocycles. The van der Waals surface area contributed by atoms with Crippen molar-refractivity contribution in [3.8, 4) is 0 Å². The monoisotopic (exact) mass is 449 g/mol. The van der Waals surface area contributed by atoms with Crippen molar-refractivity contribution in [2.45, 2.75) is 25.0 Å². The van der Waals surface area contributed by atoms with Gasteiger partial charge in [-0.15, -0.1) is 0 Å². The molecule has 8 heteroatoms. The van der Waals surface area contributed by atoms with E-state index in [0.717, 1.165) is 21.9 Å². The van der Waals surface area contributed by atoms with Crippen molar-refractivity contribution >= 4 is 28.5 Å². The summed E-state index contributed by atoms with van der Waals surface area (Å²) in [5, 5.41) is 26.6. The number of aliphatic hydroxyl groups is 1. The van der Waals surface area contributed by atoms with Crippen molar-refractivity contribution in [2.24, 2.45) is 5.92 Å². The molecule has 0 radical (unpaired) electrons. The van der Waals surface area contributed by atoms with Crippen molar-refractivity contribution in [2.75, 3.05) is 7.05 Å². The van der Waals surface area contributed by atoms with E-state index in [1.165, 1.54) is 12.5 Å². The van der Waals surface area contributed by atoms with Gasteiger partial charge in [0, 0.05) is 13.5 Å². The fourth-order valence-corrected chi connectivity index (χ4v) is 3.73. The number of hydrogen-bond donors (Lipinski definition) is 5. The summed E-state index contributed by atoms with van der Waals surface area (Å²) in [5.41, 5.74) is 2.95. The number of hydrogen-bond acceptors (Lipinski definition) is 5. The number of amides is 3. The minimum absolute atomic E-state index is 0.0249. The molecule has 0 unspecified atom stereocenters. The van der Waals surface area contributed by atoms with E-state index < -0.39 is 35.8 Å². The molecule has 0 saturated heterocycles. The van der Waals surface area contributed by atoms with Crippen LogP contribution in [0.4, 0.5) is 0 Å². The predicted octanol–water partition coefficient (Wildman–Crippen LogP) is 1.34. The molecule has 0 aliphatic rings. The Balaban J connectivity index is 1.85. The molecule has 0 saturated carbocycles. The van der Waals surface area contributed by atoms with E-state index in [4.69, 9.17) is 5.21 Å². The number of carbonyl (C=O) groups excluding carboxylic acids is 3. The van der Waals surface area contributed by atoms with E-state index in [0.29, 0.717) is 0 Å². The van der Waals surface area contributed by atoms with Crippen molar-refractivity contribution < 1.29 is 24.7 Å². The average molecular weight is 450 g/mol. The van der Waals surface area contributed by atoms with Crippen LogP contribution in [0.2, 0.25) is 0 Å². The Morgan fingerprint density at radius 3 is 2.12 bits per heavy atom. The molecule has 0 aliphatic heterocycles. The molecule has 33 heavy (non-hydrogen) atoms. The van der Waals surface area contributed by atoms with E-state index >= 15 is 0 Å². The molecule has 8 nitrogen and oxygen atoms in total. The first kappa shape index (κ1) is 23.9. The molecule has 5 N–H and O–H groups in total. The van der Waals surface area contributed by atoms with Crippen LogP contribution in [-0.4, -0.2) is 47.2 Å². The number of nitrogens with one attached hydrogen (secondary N) is 3. The summed E-state index contributed by atoms with van der Waals surface area (Å²) in [6, 6.07) is 21.5. The first-order valence-electron chi connectivity index (χ1n) is 10.6. The third-order valence-electron chi connectivity index (χ3n) is 5.53. The van der Waals surface area contributed by atoms with Gasteiger partial charge in [-0.1, -0.05) is 72.8 Å². The number of aliphatic hydroxyl groups excluding tert-OH is 1. The summed E-state index contributed by atoms with van der Waals surface area (Å²) in [5.74, 6) is -3.42. The molecule has 3 aromatic rings. The zero-order valence-corrected chi connectivity index (χ0v) is 18.2. The number of rotatable bonds is 9. The van der Waals surface area contributed by atoms with Crippen molar-refractivity contribution in [3.05, 3.63) is 83.9 Å². The molecule has 0 spiro atoms. The van der Waals surface area contributed by atoms with Gasteiger partial charge in [-0.05, 0) is 28.3 Å². The lowest BCUT2D eigenvalue weighted by Gasteiger charge is -2.24. The Hall–Kier alpha value is -3.75. The van der Waals surface area contributed by atoms with Crippen LogP contribution >= 0.6 is 0 Å². The summed E-state index contributed by atoms with van der Waals surface area (Å²) < 4.78 is 0. The van der Waals surface area contributed by atoms with Gasteiger partial charge in [0.2, 0.25) is 11.8 Å². The average Bonchev–Trinajstić information content (AvgIpc) is 2.85. The molecule has 0 heterocycles. The highest BCUT2D eigenvalue weighted by Gasteiger charge is 2.34. The normalized spacial score (nSPS) is 13.5. The topological polar surface area (TPSA) is 128 Å². The fraction of sp³-hybridized carbons (Fsp3) is 0.240. The summed E-state index contributed by atoms with van der Waals surface area (Å²) in [4.78, 5) is 37.6. The first-order valence-corrected chi connectivity index (χ1v) is 10.6. The molecule has 172 valence electrons. The van der Waals surface area contributed by atoms with Gasteiger partial charge in [0.05, 0.1) is 5.92 Å². The van der Waals surface area contributed by atoms with Crippen molar-refractivity contribution in [1.82, 2.24) is 16.1 Å². The Morgan fingerprint density at radius 2 is 1.45 bits per heavy atom. The van der Waals surface area contributed by atoms with Crippen molar-refractivity contribution in [1.29, 1.82) is 0 Å². The SMILES string of the molecule is CNC(=O)[C@H](Cc1ccccc1)NC(=O)[C@H](Cc1ccc2ccccc2c1)[C@@H](O)C(=O)NO. The predicted molar refractivity (Wildman–Crippen MR) is 123 cm³/mol. The molecule has 0 fully saturated rings. The number of likely N-dealkylation sites (N-methyl/N-ethyl adjacent to an activating group) is 1. The minimum Gasteiger partial charge on any atom is -0.382 e. The van der Waals surface area contributed by atoms with Crippen LogP contribution in [0, 0.1) is 5.92 Å². The van der Waals surface area contributed by atoms with E-state index in [2.05, 4.69) is 10.6 Å². The lowest BCUT2D eigenvalue weighted by molar-refractivity contribution is -0.146. The largest absolute Gasteiger partial charge is 0.382 e. The minimum atomic E-state index is -1.82. The first-order chi connectivity index (χ1) is 15.9. The second kappa shape index (κ2) is 11.2. The van der Waals surface area contributed by atoms with E-state index in [9.17, 15) is 19.5 Å². The number of benzene rings is 3. The zero-order valence-electron chi connectivity index (χ0n) is 18.2. The van der Waals surface area contributed by atoms with E-state index in [1.807, 2.05) is 72.8 Å². The maximum atomic E-state index is 13.2. The van der Waals surface area contributed by atoms with E-state index in [1.54, 1.807) is 0 Å². The lowest BCUT2D eigenvalue weighted by Crippen LogP contribution is -2.52. The molecular formula is C25H27N3O5. The van der Waals surface area contributed by atoms with Gasteiger partial charge in [-0.2, -0.15) is 0 Å². The second-order valence-electron chi connectivity index (χ2n) is 7.78. The number of hydroxylamine groups is 1. The molecule has 3 rings (SSSR count). The maximum absolute atomic E-state index is 13.2. The number of fused-ring (bicyclic) bond motifs is 1. The Kier molecular flexibility index (Phi) is 8.12. The van der Waals surface area contributed by atoms with Crippen LogP contribution in [0.3, 0.4) is 0 Å². The highest BCUT2D eigenvalue weighted by molar-refractivity contribution is 5.92. The Labute approximate surface area is 191 Å². The molecular weight excluding hydrogens is 422 g/mol. The molecule has 0 bridgehead atoms. The van der Waals surface area contributed by atoms with Crippen LogP contribution in [0.1, 0.15) is 11.1 Å². The zero-order chi connectivity index (χ0) is 23.8. The van der Waals surface area contributed by atoms with Crippen LogP contribution in [0.25, 0.3) is 10.8 Å². The highest BCUT2D eigenvalue weighted by Crippen LogP contribution is 2.20. The summed E-state index contributed by atoms with van der Waals surface area (Å²) in [7, 11) is 1.47. The lowest BCUT2D eigenvalue weighted by atomic mass is 9.91. The Morgan fingerprint density at radius 1 is 0.788 bits per heavy atom. The van der Waals surface area contributed by atoms with Gasteiger partial charge in [0.1, 0.15) is 12.1 Å². The number of carbonyl (C=O) groups is 3. The van der Waals surface area contributed by atoms with Gasteiger partial charge in [0.25, 0.3) is 5.91 Å². The highest BCUT2D eigenvalue weighted by atomic mass is 16.5. The van der Waals surface area contributed by atoms with Gasteiger partial charge >= 0.3 is 0 Å². The van der Waals surface area contributed by atoms with Gasteiger partial charge in [-0.3, -0.25) is 19.6 Å². The van der Waals surface area contributed by atoms with E-state index in [-0.39, 0.29) is 12.8 Å². The molecule has 3 amide bonds. The third kappa shape index (κ3) is 6.15. The molecule has 3 atom stereocenters. The summed E-state index contributed by atoms with van der Waals surface area (Å²) >= 11 is 0. The van der Waals surface area contributed by atoms with Crippen molar-refractivity contribution in [3.63, 3.8) is 0 Å². The standard InChI is InChI=1S/C25H27N3O5/c1-26-24(31)21(15-16-7-3-2-4-8-16)27-23(30)20(22(29)25(32)28-33)14-17-11-12-18-9-5-6-10-19(18)13-17/h2-13,20-22,29,33H,14-15H2,1H3,(H,26,31)(H,27,30)(H,28,32)/t20-,21+,22-/m1/s1. The Bertz CT molecular complexity index is 1120. The third-order valence-corrected chi connectivity index (χ3v) is 5.53. The van der Waals surface area contributed by atoms with Gasteiger partial charge in [0.15, 0.2) is 0 Å². The van der Waals surface area contributed by atoms with Crippen LogP contribution in [-0.2, 0) is 27.2 Å². The smallest absolute Gasteiger partial charge is 0.272 e. The van der Waals surface area contributed by atoms with Crippen LogP contribution < -0.4 is 16.1 Å². The summed E-state index contributed by atoms with van der Waals surface area (Å²) in [6.45, 7) is 0. The second-order valence-corrected chi connectivity index (χ2v) is 7.78. The molecule has 0 aromatic heterocycles. The summed E-state index contributed by atoms with van der Waals surface area (Å²) in [6.07, 6.45) is -1.56. The quantitative estimate of drug-likeness (QED) is 0.249. The maximum Gasteiger partial charge on any atom is 0.272 e. The van der Waals surface area contributed by atoms with Crippen LogP contribution in [0.5, 0.6) is 0 Å². The van der Waals surface area contributed by atoms with Gasteiger partial charge < -0.3 is 15.7 Å². The molecule has 3 aromatic carbocycles. The van der Waals surface area contributed by atoms with Crippen LogP contribution in [0.15, 0.2) is 72.8 Å². The fourth-order valence-electron chi connectivity index (χ4n) is 3.73.